The first kappa shape index (κ1) is 16.1. The summed E-state index contributed by atoms with van der Waals surface area (Å²) in [4.78, 5) is 0. The molecule has 0 aliphatic carbocycles. The highest BCUT2D eigenvalue weighted by molar-refractivity contribution is 7.14. The lowest BCUT2D eigenvalue weighted by atomic mass is 10.0. The highest BCUT2D eigenvalue weighted by Gasteiger charge is 2.12. The number of nitrogens with zero attached hydrogens (tertiary/aromatic N) is 2. The number of aryl methyl sites for hydroxylation is 3. The molecule has 2 rings (SSSR count). The Bertz CT molecular complexity index is 579. The molecular weight excluding hydrogens is 278 g/mol. The van der Waals surface area contributed by atoms with Crippen LogP contribution in [-0.2, 0) is 6.42 Å². The van der Waals surface area contributed by atoms with E-state index in [9.17, 15) is 0 Å². The first-order chi connectivity index (χ1) is 9.97. The Balaban J connectivity index is 2.06. The predicted octanol–water partition coefficient (Wildman–Crippen LogP) is 3.92. The van der Waals surface area contributed by atoms with Crippen LogP contribution in [0, 0.1) is 26.7 Å². The van der Waals surface area contributed by atoms with Gasteiger partial charge in [0.05, 0.1) is 0 Å². The lowest BCUT2D eigenvalue weighted by Gasteiger charge is -2.07. The van der Waals surface area contributed by atoms with Crippen molar-refractivity contribution >= 4 is 11.3 Å². The van der Waals surface area contributed by atoms with Gasteiger partial charge < -0.3 is 5.32 Å². The summed E-state index contributed by atoms with van der Waals surface area (Å²) in [6.45, 7) is 12.9. The van der Waals surface area contributed by atoms with Crippen molar-refractivity contribution in [1.82, 2.24) is 15.5 Å². The highest BCUT2D eigenvalue weighted by Crippen LogP contribution is 2.30. The van der Waals surface area contributed by atoms with Gasteiger partial charge in [0.15, 0.2) is 0 Å². The summed E-state index contributed by atoms with van der Waals surface area (Å²) in [6.07, 6.45) is 0.953. The van der Waals surface area contributed by atoms with Crippen molar-refractivity contribution < 1.29 is 0 Å². The van der Waals surface area contributed by atoms with Crippen LogP contribution in [-0.4, -0.2) is 23.3 Å². The molecule has 0 amide bonds. The van der Waals surface area contributed by atoms with Crippen LogP contribution in [0.5, 0.6) is 0 Å². The van der Waals surface area contributed by atoms with E-state index in [0.717, 1.165) is 29.5 Å². The Kier molecular flexibility index (Phi) is 5.48. The van der Waals surface area contributed by atoms with Crippen molar-refractivity contribution in [3.8, 4) is 10.6 Å². The molecule has 21 heavy (non-hydrogen) atoms. The lowest BCUT2D eigenvalue weighted by molar-refractivity contribution is 0.553. The van der Waals surface area contributed by atoms with Crippen molar-refractivity contribution in [2.45, 2.75) is 41.0 Å². The fourth-order valence-corrected chi connectivity index (χ4v) is 3.57. The van der Waals surface area contributed by atoms with E-state index in [2.05, 4.69) is 62.3 Å². The molecule has 0 saturated carbocycles. The number of aromatic nitrogens is 2. The van der Waals surface area contributed by atoms with Crippen LogP contribution in [0.2, 0.25) is 0 Å². The van der Waals surface area contributed by atoms with E-state index in [-0.39, 0.29) is 0 Å². The summed E-state index contributed by atoms with van der Waals surface area (Å²) in [5.74, 6) is 0.688. The lowest BCUT2D eigenvalue weighted by Crippen LogP contribution is -2.22. The van der Waals surface area contributed by atoms with Gasteiger partial charge in [-0.05, 0) is 44.4 Å². The van der Waals surface area contributed by atoms with Crippen LogP contribution in [0.1, 0.15) is 35.5 Å². The molecule has 2 aromatic rings. The largest absolute Gasteiger partial charge is 0.316 e. The second-order valence-electron chi connectivity index (χ2n) is 6.12. The van der Waals surface area contributed by atoms with Crippen LogP contribution < -0.4 is 5.32 Å². The van der Waals surface area contributed by atoms with Gasteiger partial charge in [-0.25, -0.2) is 0 Å². The highest BCUT2D eigenvalue weighted by atomic mass is 32.1. The average molecular weight is 303 g/mol. The normalized spacial score (nSPS) is 11.3. The van der Waals surface area contributed by atoms with Crippen LogP contribution in [0.15, 0.2) is 12.1 Å². The van der Waals surface area contributed by atoms with Gasteiger partial charge in [-0.2, -0.15) is 0 Å². The van der Waals surface area contributed by atoms with E-state index in [1.165, 1.54) is 22.3 Å². The molecule has 0 aliphatic heterocycles. The summed E-state index contributed by atoms with van der Waals surface area (Å²) in [5, 5.41) is 14.3. The first-order valence-corrected chi connectivity index (χ1v) is 8.40. The molecule has 0 atom stereocenters. The van der Waals surface area contributed by atoms with Gasteiger partial charge >= 0.3 is 0 Å². The molecule has 3 nitrogen and oxygen atoms in total. The van der Waals surface area contributed by atoms with Gasteiger partial charge in [-0.15, -0.1) is 10.2 Å². The zero-order chi connectivity index (χ0) is 15.4. The minimum Gasteiger partial charge on any atom is -0.316 e. The molecule has 0 spiro atoms. The van der Waals surface area contributed by atoms with E-state index in [1.54, 1.807) is 11.3 Å². The van der Waals surface area contributed by atoms with Gasteiger partial charge in [0, 0.05) is 18.5 Å². The topological polar surface area (TPSA) is 37.8 Å². The van der Waals surface area contributed by atoms with Gasteiger partial charge in [0.25, 0.3) is 0 Å². The maximum Gasteiger partial charge on any atom is 0.148 e. The molecule has 4 heteroatoms. The van der Waals surface area contributed by atoms with Gasteiger partial charge in [0.1, 0.15) is 10.0 Å². The standard InChI is InChI=1S/C17H25N3S/c1-11(2)10-18-7-6-15-19-20-17(21-15)16-13(4)8-12(3)9-14(16)5/h8-9,11,18H,6-7,10H2,1-5H3. The maximum absolute atomic E-state index is 4.39. The van der Waals surface area contributed by atoms with E-state index >= 15 is 0 Å². The van der Waals surface area contributed by atoms with Gasteiger partial charge in [-0.3, -0.25) is 0 Å². The van der Waals surface area contributed by atoms with E-state index in [0.29, 0.717) is 5.92 Å². The molecule has 1 aromatic carbocycles. The van der Waals surface area contributed by atoms with Crippen molar-refractivity contribution in [3.05, 3.63) is 33.8 Å². The molecule has 0 radical (unpaired) electrons. The monoisotopic (exact) mass is 303 g/mol. The van der Waals surface area contributed by atoms with E-state index in [4.69, 9.17) is 0 Å². The van der Waals surface area contributed by atoms with Crippen LogP contribution >= 0.6 is 11.3 Å². The predicted molar refractivity (Wildman–Crippen MR) is 91.0 cm³/mol. The third kappa shape index (κ3) is 4.35. The molecule has 114 valence electrons. The number of benzene rings is 1. The fourth-order valence-electron chi connectivity index (χ4n) is 2.56. The Labute approximate surface area is 131 Å². The minimum atomic E-state index is 0.688. The van der Waals surface area contributed by atoms with Gasteiger partial charge in [-0.1, -0.05) is 42.9 Å². The average Bonchev–Trinajstić information content (AvgIpc) is 2.81. The molecule has 0 saturated heterocycles. The maximum atomic E-state index is 4.39. The molecule has 1 N–H and O–H groups in total. The number of hydrogen-bond acceptors (Lipinski definition) is 4. The molecule has 1 heterocycles. The summed E-state index contributed by atoms with van der Waals surface area (Å²) in [6, 6.07) is 4.43. The fraction of sp³-hybridized carbons (Fsp3) is 0.529. The minimum absolute atomic E-state index is 0.688. The SMILES string of the molecule is Cc1cc(C)c(-c2nnc(CCNCC(C)C)s2)c(C)c1. The van der Waals surface area contributed by atoms with Crippen molar-refractivity contribution in [1.29, 1.82) is 0 Å². The summed E-state index contributed by atoms with van der Waals surface area (Å²) in [5.41, 5.74) is 5.12. The van der Waals surface area contributed by atoms with Crippen molar-refractivity contribution in [2.24, 2.45) is 5.92 Å². The van der Waals surface area contributed by atoms with E-state index in [1.807, 2.05) is 0 Å². The second kappa shape index (κ2) is 7.14. The van der Waals surface area contributed by atoms with Crippen molar-refractivity contribution in [2.75, 3.05) is 13.1 Å². The van der Waals surface area contributed by atoms with Crippen LogP contribution in [0.25, 0.3) is 10.6 Å². The van der Waals surface area contributed by atoms with Gasteiger partial charge in [0.2, 0.25) is 0 Å². The summed E-state index contributed by atoms with van der Waals surface area (Å²) >= 11 is 1.72. The number of nitrogens with one attached hydrogen (secondary N) is 1. The summed E-state index contributed by atoms with van der Waals surface area (Å²) in [7, 11) is 0. The molecule has 0 aliphatic rings. The second-order valence-corrected chi connectivity index (χ2v) is 7.18. The van der Waals surface area contributed by atoms with Crippen molar-refractivity contribution in [3.63, 3.8) is 0 Å². The number of rotatable bonds is 6. The molecule has 0 bridgehead atoms. The zero-order valence-corrected chi connectivity index (χ0v) is 14.5. The van der Waals surface area contributed by atoms with E-state index < -0.39 is 0 Å². The first-order valence-electron chi connectivity index (χ1n) is 7.58. The Hall–Kier alpha value is -1.26. The van der Waals surface area contributed by atoms with Crippen LogP contribution in [0.3, 0.4) is 0 Å². The Morgan fingerprint density at radius 1 is 1.10 bits per heavy atom. The Morgan fingerprint density at radius 3 is 2.38 bits per heavy atom. The third-order valence-corrected chi connectivity index (χ3v) is 4.43. The summed E-state index contributed by atoms with van der Waals surface area (Å²) < 4.78 is 0. The quantitative estimate of drug-likeness (QED) is 0.822. The molecule has 0 unspecified atom stereocenters. The molecule has 0 fully saturated rings. The Morgan fingerprint density at radius 2 is 1.76 bits per heavy atom. The third-order valence-electron chi connectivity index (χ3n) is 3.43. The number of hydrogen-bond donors (Lipinski definition) is 1. The smallest absolute Gasteiger partial charge is 0.148 e. The zero-order valence-electron chi connectivity index (χ0n) is 13.7. The molecular formula is C17H25N3S. The molecule has 1 aromatic heterocycles. The van der Waals surface area contributed by atoms with Crippen LogP contribution in [0.4, 0.5) is 0 Å².